The van der Waals surface area contributed by atoms with Crippen molar-refractivity contribution in [3.8, 4) is 0 Å². The molecule has 1 aliphatic heterocycles. The quantitative estimate of drug-likeness (QED) is 0.885. The number of piperazine rings is 1. The lowest BCUT2D eigenvalue weighted by Gasteiger charge is -2.34. The fraction of sp³-hybridized carbons (Fsp3) is 0.333. The molecule has 2 heterocycles. The molecular weight excluding hydrogens is 352 g/mol. The van der Waals surface area contributed by atoms with E-state index < -0.39 is 10.0 Å². The van der Waals surface area contributed by atoms with Gasteiger partial charge in [0.25, 0.3) is 0 Å². The Morgan fingerprint density at radius 2 is 1.77 bits per heavy atom. The molecule has 1 aromatic carbocycles. The van der Waals surface area contributed by atoms with Crippen LogP contribution in [-0.2, 0) is 10.0 Å². The van der Waals surface area contributed by atoms with E-state index in [9.17, 15) is 13.2 Å². The van der Waals surface area contributed by atoms with Crippen LogP contribution in [0.5, 0.6) is 0 Å². The van der Waals surface area contributed by atoms with E-state index in [1.54, 1.807) is 47.6 Å². The number of hydrogen-bond donors (Lipinski definition) is 1. The van der Waals surface area contributed by atoms with Crippen LogP contribution in [-0.4, -0.2) is 54.8 Å². The van der Waals surface area contributed by atoms with Crippen LogP contribution in [0.4, 0.5) is 4.79 Å². The summed E-state index contributed by atoms with van der Waals surface area (Å²) in [5, 5.41) is 2.93. The molecule has 0 saturated carbocycles. The fourth-order valence-corrected chi connectivity index (χ4v) is 4.31. The molecule has 7 nitrogen and oxygen atoms in total. The van der Waals surface area contributed by atoms with E-state index in [1.165, 1.54) is 4.31 Å². The zero-order valence-electron chi connectivity index (χ0n) is 14.6. The van der Waals surface area contributed by atoms with Crippen molar-refractivity contribution in [1.29, 1.82) is 0 Å². The highest BCUT2D eigenvalue weighted by Crippen LogP contribution is 2.18. The Bertz CT molecular complexity index is 835. The highest BCUT2D eigenvalue weighted by molar-refractivity contribution is 7.89. The Hall–Kier alpha value is -2.45. The van der Waals surface area contributed by atoms with Gasteiger partial charge in [0.05, 0.1) is 10.9 Å². The van der Waals surface area contributed by atoms with Gasteiger partial charge in [0.2, 0.25) is 10.0 Å². The van der Waals surface area contributed by atoms with Gasteiger partial charge in [-0.25, -0.2) is 13.2 Å². The third-order valence-electron chi connectivity index (χ3n) is 4.43. The van der Waals surface area contributed by atoms with E-state index in [1.807, 2.05) is 19.1 Å². The Balaban J connectivity index is 1.57. The number of nitrogens with zero attached hydrogens (tertiary/aromatic N) is 3. The van der Waals surface area contributed by atoms with E-state index in [4.69, 9.17) is 0 Å². The third kappa shape index (κ3) is 4.03. The van der Waals surface area contributed by atoms with Crippen molar-refractivity contribution in [2.24, 2.45) is 0 Å². The van der Waals surface area contributed by atoms with Crippen molar-refractivity contribution >= 4 is 16.1 Å². The maximum atomic E-state index is 12.6. The number of amides is 2. The number of benzene rings is 1. The van der Waals surface area contributed by atoms with E-state index >= 15 is 0 Å². The monoisotopic (exact) mass is 374 g/mol. The minimum Gasteiger partial charge on any atom is -0.331 e. The third-order valence-corrected chi connectivity index (χ3v) is 6.34. The lowest BCUT2D eigenvalue weighted by molar-refractivity contribution is 0.169. The number of pyridine rings is 1. The molecule has 1 atom stereocenters. The highest BCUT2D eigenvalue weighted by atomic mass is 32.2. The van der Waals surface area contributed by atoms with Crippen LogP contribution in [0.25, 0.3) is 0 Å². The summed E-state index contributed by atoms with van der Waals surface area (Å²) in [6.07, 6.45) is 3.40. The first-order valence-corrected chi connectivity index (χ1v) is 9.93. The van der Waals surface area contributed by atoms with Gasteiger partial charge < -0.3 is 10.2 Å². The van der Waals surface area contributed by atoms with Gasteiger partial charge >= 0.3 is 6.03 Å². The van der Waals surface area contributed by atoms with Gasteiger partial charge in [-0.2, -0.15) is 4.31 Å². The number of hydrogen-bond acceptors (Lipinski definition) is 4. The smallest absolute Gasteiger partial charge is 0.317 e. The average molecular weight is 374 g/mol. The van der Waals surface area contributed by atoms with Gasteiger partial charge in [-0.15, -0.1) is 0 Å². The molecule has 1 unspecified atom stereocenters. The summed E-state index contributed by atoms with van der Waals surface area (Å²) in [4.78, 5) is 18.4. The van der Waals surface area contributed by atoms with Crippen molar-refractivity contribution in [2.45, 2.75) is 17.9 Å². The lowest BCUT2D eigenvalue weighted by atomic mass is 10.1. The first kappa shape index (κ1) is 18.3. The summed E-state index contributed by atoms with van der Waals surface area (Å²) in [5.41, 5.74) is 0.922. The van der Waals surface area contributed by atoms with Crippen molar-refractivity contribution in [2.75, 3.05) is 26.2 Å². The fourth-order valence-electron chi connectivity index (χ4n) is 2.87. The SMILES string of the molecule is CC(NC(=O)N1CCN(S(=O)(=O)c2ccccc2)CC1)c1cccnc1. The average Bonchev–Trinajstić information content (AvgIpc) is 2.69. The lowest BCUT2D eigenvalue weighted by Crippen LogP contribution is -2.53. The van der Waals surface area contributed by atoms with Crippen LogP contribution >= 0.6 is 0 Å². The number of carbonyl (C=O) groups excluding carboxylic acids is 1. The maximum absolute atomic E-state index is 12.6. The number of rotatable bonds is 4. The molecule has 0 spiro atoms. The molecule has 3 rings (SSSR count). The van der Waals surface area contributed by atoms with Crippen molar-refractivity contribution in [3.05, 3.63) is 60.4 Å². The second kappa shape index (κ2) is 7.84. The summed E-state index contributed by atoms with van der Waals surface area (Å²) in [7, 11) is -3.51. The second-order valence-electron chi connectivity index (χ2n) is 6.16. The van der Waals surface area contributed by atoms with Crippen molar-refractivity contribution in [3.63, 3.8) is 0 Å². The van der Waals surface area contributed by atoms with Crippen molar-refractivity contribution < 1.29 is 13.2 Å². The number of aromatic nitrogens is 1. The molecule has 1 aromatic heterocycles. The summed E-state index contributed by atoms with van der Waals surface area (Å²) in [6, 6.07) is 11.7. The maximum Gasteiger partial charge on any atom is 0.317 e. The van der Waals surface area contributed by atoms with Gasteiger partial charge in [0.15, 0.2) is 0 Å². The number of carbonyl (C=O) groups is 1. The molecule has 26 heavy (non-hydrogen) atoms. The molecule has 1 fully saturated rings. The van der Waals surface area contributed by atoms with Crippen LogP contribution in [0, 0.1) is 0 Å². The van der Waals surface area contributed by atoms with Gasteiger partial charge in [0, 0.05) is 38.6 Å². The van der Waals surface area contributed by atoms with Crippen LogP contribution in [0.3, 0.4) is 0 Å². The van der Waals surface area contributed by atoms with Crippen LogP contribution in [0.1, 0.15) is 18.5 Å². The summed E-state index contributed by atoms with van der Waals surface area (Å²) in [6.45, 7) is 3.18. The van der Waals surface area contributed by atoms with Gasteiger partial charge in [-0.05, 0) is 30.7 Å². The van der Waals surface area contributed by atoms with Crippen LogP contribution in [0.2, 0.25) is 0 Å². The van der Waals surface area contributed by atoms with Gasteiger partial charge in [-0.3, -0.25) is 4.98 Å². The Kier molecular flexibility index (Phi) is 5.53. The topological polar surface area (TPSA) is 82.6 Å². The normalized spacial score (nSPS) is 16.9. The molecule has 2 aromatic rings. The Morgan fingerprint density at radius 3 is 2.38 bits per heavy atom. The molecule has 0 radical (unpaired) electrons. The summed E-state index contributed by atoms with van der Waals surface area (Å²) >= 11 is 0. The molecule has 2 amide bonds. The van der Waals surface area contributed by atoms with Crippen LogP contribution in [0.15, 0.2) is 59.8 Å². The predicted octanol–water partition coefficient (Wildman–Crippen LogP) is 1.86. The van der Waals surface area contributed by atoms with E-state index in [0.29, 0.717) is 13.1 Å². The minimum absolute atomic E-state index is 0.165. The Morgan fingerprint density at radius 1 is 1.08 bits per heavy atom. The first-order valence-electron chi connectivity index (χ1n) is 8.49. The molecule has 1 aliphatic rings. The number of urea groups is 1. The minimum atomic E-state index is -3.51. The summed E-state index contributed by atoms with van der Waals surface area (Å²) in [5.74, 6) is 0. The largest absolute Gasteiger partial charge is 0.331 e. The predicted molar refractivity (Wildman–Crippen MR) is 98.0 cm³/mol. The molecule has 1 N–H and O–H groups in total. The molecule has 0 aliphatic carbocycles. The van der Waals surface area contributed by atoms with E-state index in [2.05, 4.69) is 10.3 Å². The molecular formula is C18H22N4O3S. The van der Waals surface area contributed by atoms with Gasteiger partial charge in [0.1, 0.15) is 0 Å². The summed E-state index contributed by atoms with van der Waals surface area (Å²) < 4.78 is 26.7. The zero-order valence-corrected chi connectivity index (χ0v) is 15.4. The van der Waals surface area contributed by atoms with E-state index in [0.717, 1.165) is 5.56 Å². The molecule has 8 heteroatoms. The molecule has 1 saturated heterocycles. The van der Waals surface area contributed by atoms with Crippen molar-refractivity contribution in [1.82, 2.24) is 19.5 Å². The standard InChI is InChI=1S/C18H22N4O3S/c1-15(16-6-5-9-19-14-16)20-18(23)21-10-12-22(13-11-21)26(24,25)17-7-3-2-4-8-17/h2-9,14-15H,10-13H2,1H3,(H,20,23). The number of nitrogens with one attached hydrogen (secondary N) is 1. The Labute approximate surface area is 153 Å². The van der Waals surface area contributed by atoms with E-state index in [-0.39, 0.29) is 30.1 Å². The van der Waals surface area contributed by atoms with Crippen LogP contribution < -0.4 is 5.32 Å². The zero-order chi connectivity index (χ0) is 18.6. The first-order chi connectivity index (χ1) is 12.5. The second-order valence-corrected chi connectivity index (χ2v) is 8.10. The molecule has 138 valence electrons. The highest BCUT2D eigenvalue weighted by Gasteiger charge is 2.30. The van der Waals surface area contributed by atoms with Gasteiger partial charge in [-0.1, -0.05) is 24.3 Å². The number of sulfonamides is 1. The molecule has 0 bridgehead atoms.